The Kier molecular flexibility index (Phi) is 4.24. The van der Waals surface area contributed by atoms with E-state index >= 15 is 0 Å². The minimum Gasteiger partial charge on any atom is -0.399 e. The Morgan fingerprint density at radius 1 is 1.09 bits per heavy atom. The van der Waals surface area contributed by atoms with Crippen LogP contribution in [0.5, 0.6) is 0 Å². The monoisotopic (exact) mass is 312 g/mol. The molecule has 4 nitrogen and oxygen atoms in total. The molecule has 0 N–H and O–H groups in total. The van der Waals surface area contributed by atoms with Crippen LogP contribution in [0.25, 0.3) is 0 Å². The van der Waals surface area contributed by atoms with Gasteiger partial charge in [0.2, 0.25) is 0 Å². The van der Waals surface area contributed by atoms with Gasteiger partial charge in [0.15, 0.2) is 0 Å². The topological polar surface area (TPSA) is 55.1 Å². The van der Waals surface area contributed by atoms with E-state index < -0.39 is 18.3 Å². The minimum atomic E-state index is -0.525. The molecule has 3 rings (SSSR count). The minimum absolute atomic E-state index is 0.410. The third-order valence-corrected chi connectivity index (χ3v) is 5.58. The summed E-state index contributed by atoms with van der Waals surface area (Å²) in [6, 6.07) is 6.26. The van der Waals surface area contributed by atoms with Crippen molar-refractivity contribution in [3.63, 3.8) is 0 Å². The van der Waals surface area contributed by atoms with Gasteiger partial charge in [-0.15, -0.1) is 0 Å². The summed E-state index contributed by atoms with van der Waals surface area (Å²) in [4.78, 5) is 4.63. The number of rotatable bonds is 2. The van der Waals surface area contributed by atoms with Crippen LogP contribution in [0.15, 0.2) is 12.1 Å². The van der Waals surface area contributed by atoms with Gasteiger partial charge < -0.3 is 9.31 Å². The zero-order valence-electron chi connectivity index (χ0n) is 14.6. The van der Waals surface area contributed by atoms with E-state index in [0.29, 0.717) is 11.6 Å². The highest BCUT2D eigenvalue weighted by Crippen LogP contribution is 2.37. The van der Waals surface area contributed by atoms with Crippen molar-refractivity contribution in [2.75, 3.05) is 0 Å². The number of nitriles is 1. The van der Waals surface area contributed by atoms with Crippen LogP contribution in [0.2, 0.25) is 0 Å². The van der Waals surface area contributed by atoms with Crippen molar-refractivity contribution in [3.05, 3.63) is 23.5 Å². The Labute approximate surface area is 139 Å². The lowest BCUT2D eigenvalue weighted by atomic mass is 9.77. The molecule has 1 aliphatic heterocycles. The Balaban J connectivity index is 1.88. The Bertz CT molecular complexity index is 614. The van der Waals surface area contributed by atoms with Crippen LogP contribution in [-0.2, 0) is 9.31 Å². The van der Waals surface area contributed by atoms with Crippen molar-refractivity contribution >= 4 is 12.6 Å². The van der Waals surface area contributed by atoms with Crippen molar-refractivity contribution in [2.24, 2.45) is 0 Å². The van der Waals surface area contributed by atoms with Gasteiger partial charge in [-0.1, -0.05) is 25.3 Å². The van der Waals surface area contributed by atoms with Crippen molar-refractivity contribution in [1.82, 2.24) is 4.98 Å². The molecule has 122 valence electrons. The second-order valence-corrected chi connectivity index (χ2v) is 7.71. The molecule has 23 heavy (non-hydrogen) atoms. The summed E-state index contributed by atoms with van der Waals surface area (Å²) < 4.78 is 12.1. The van der Waals surface area contributed by atoms with E-state index in [2.05, 4.69) is 17.1 Å². The Morgan fingerprint density at radius 2 is 1.70 bits per heavy atom. The zero-order chi connectivity index (χ0) is 16.7. The maximum absolute atomic E-state index is 9.54. The molecule has 0 bridgehead atoms. The molecule has 0 atom stereocenters. The maximum Gasteiger partial charge on any atom is 0.497 e. The number of hydrogen-bond donors (Lipinski definition) is 0. The van der Waals surface area contributed by atoms with Gasteiger partial charge in [-0.05, 0) is 46.6 Å². The highest BCUT2D eigenvalue weighted by Gasteiger charge is 2.52. The largest absolute Gasteiger partial charge is 0.497 e. The van der Waals surface area contributed by atoms with Crippen LogP contribution in [0.3, 0.4) is 0 Å². The fraction of sp³-hybridized carbons (Fsp3) is 0.667. The molecule has 1 saturated heterocycles. The first-order chi connectivity index (χ1) is 10.8. The van der Waals surface area contributed by atoms with E-state index in [1.807, 2.05) is 33.8 Å². The van der Waals surface area contributed by atoms with E-state index in [9.17, 15) is 5.26 Å². The normalized spacial score (nSPS) is 23.7. The summed E-state index contributed by atoms with van der Waals surface area (Å²) in [6.45, 7) is 8.07. The van der Waals surface area contributed by atoms with Gasteiger partial charge >= 0.3 is 7.12 Å². The first-order valence-corrected chi connectivity index (χ1v) is 8.61. The maximum atomic E-state index is 9.54. The van der Waals surface area contributed by atoms with Crippen LogP contribution in [0.1, 0.15) is 77.1 Å². The van der Waals surface area contributed by atoms with E-state index in [-0.39, 0.29) is 0 Å². The smallest absolute Gasteiger partial charge is 0.399 e. The summed E-state index contributed by atoms with van der Waals surface area (Å²) in [5.41, 5.74) is 1.40. The van der Waals surface area contributed by atoms with Gasteiger partial charge in [-0.25, -0.2) is 4.98 Å². The van der Waals surface area contributed by atoms with E-state index in [1.165, 1.54) is 32.1 Å². The van der Waals surface area contributed by atoms with Gasteiger partial charge in [0, 0.05) is 17.1 Å². The van der Waals surface area contributed by atoms with Crippen LogP contribution in [-0.4, -0.2) is 23.3 Å². The lowest BCUT2D eigenvalue weighted by molar-refractivity contribution is 0.00578. The van der Waals surface area contributed by atoms with Crippen LogP contribution in [0, 0.1) is 11.3 Å². The second kappa shape index (κ2) is 5.92. The molecule has 2 aliphatic rings. The number of nitrogens with zero attached hydrogens (tertiary/aromatic N) is 2. The van der Waals surface area contributed by atoms with Crippen LogP contribution >= 0.6 is 0 Å². The fourth-order valence-corrected chi connectivity index (χ4v) is 3.36. The molecule has 0 spiro atoms. The molecule has 2 fully saturated rings. The predicted molar refractivity (Wildman–Crippen MR) is 90.5 cm³/mol. The summed E-state index contributed by atoms with van der Waals surface area (Å²) >= 11 is 0. The Morgan fingerprint density at radius 3 is 2.26 bits per heavy atom. The molecule has 1 aliphatic carbocycles. The average molecular weight is 312 g/mol. The molecule has 1 saturated carbocycles. The first kappa shape index (κ1) is 16.5. The SMILES string of the molecule is CC1(C)OB(c2ccc(C3CCCCC3)nc2C#N)OC1(C)C. The van der Waals surface area contributed by atoms with Crippen molar-refractivity contribution in [3.8, 4) is 6.07 Å². The van der Waals surface area contributed by atoms with Crippen LogP contribution < -0.4 is 5.46 Å². The molecule has 0 radical (unpaired) electrons. The number of aromatic nitrogens is 1. The molecule has 1 aromatic rings. The summed E-state index contributed by atoms with van der Waals surface area (Å²) in [7, 11) is -0.525. The third kappa shape index (κ3) is 3.03. The van der Waals surface area contributed by atoms with Gasteiger partial charge in [-0.3, -0.25) is 0 Å². The molecule has 5 heteroatoms. The predicted octanol–water partition coefficient (Wildman–Crippen LogP) is 3.30. The first-order valence-electron chi connectivity index (χ1n) is 8.61. The lowest BCUT2D eigenvalue weighted by Gasteiger charge is -2.32. The van der Waals surface area contributed by atoms with Crippen molar-refractivity contribution in [2.45, 2.75) is 76.9 Å². The summed E-state index contributed by atoms with van der Waals surface area (Å²) in [5.74, 6) is 0.489. The third-order valence-electron chi connectivity index (χ3n) is 5.58. The van der Waals surface area contributed by atoms with Crippen LogP contribution in [0.4, 0.5) is 0 Å². The number of pyridine rings is 1. The average Bonchev–Trinajstić information content (AvgIpc) is 2.75. The number of hydrogen-bond acceptors (Lipinski definition) is 4. The summed E-state index contributed by atoms with van der Waals surface area (Å²) in [6.07, 6.45) is 6.18. The molecular formula is C18H25BN2O2. The van der Waals surface area contributed by atoms with Gasteiger partial charge in [0.25, 0.3) is 0 Å². The molecule has 2 heterocycles. The fourth-order valence-electron chi connectivity index (χ4n) is 3.36. The highest BCUT2D eigenvalue weighted by molar-refractivity contribution is 6.62. The van der Waals surface area contributed by atoms with E-state index in [0.717, 1.165) is 11.2 Å². The second-order valence-electron chi connectivity index (χ2n) is 7.71. The van der Waals surface area contributed by atoms with Gasteiger partial charge in [0.05, 0.1) is 11.2 Å². The van der Waals surface area contributed by atoms with E-state index in [4.69, 9.17) is 9.31 Å². The molecule has 0 amide bonds. The van der Waals surface area contributed by atoms with Gasteiger partial charge in [0.1, 0.15) is 11.8 Å². The molecular weight excluding hydrogens is 287 g/mol. The summed E-state index contributed by atoms with van der Waals surface area (Å²) in [5, 5.41) is 9.54. The standard InChI is InChI=1S/C18H25BN2O2/c1-17(2)18(3,4)23-19(22-17)14-10-11-15(21-16(14)12-20)13-8-6-5-7-9-13/h10-11,13H,5-9H2,1-4H3. The highest BCUT2D eigenvalue weighted by atomic mass is 16.7. The molecule has 1 aromatic heterocycles. The van der Waals surface area contributed by atoms with Crippen molar-refractivity contribution in [1.29, 1.82) is 5.26 Å². The lowest BCUT2D eigenvalue weighted by Crippen LogP contribution is -2.41. The zero-order valence-corrected chi connectivity index (χ0v) is 14.6. The van der Waals surface area contributed by atoms with E-state index in [1.54, 1.807) is 0 Å². The quantitative estimate of drug-likeness (QED) is 0.786. The Hall–Kier alpha value is -1.38. The molecule has 0 unspecified atom stereocenters. The van der Waals surface area contributed by atoms with Gasteiger partial charge in [-0.2, -0.15) is 5.26 Å². The van der Waals surface area contributed by atoms with Crippen molar-refractivity contribution < 1.29 is 9.31 Å². The molecule has 0 aromatic carbocycles.